The van der Waals surface area contributed by atoms with Crippen LogP contribution in [-0.2, 0) is 4.79 Å². The Morgan fingerprint density at radius 3 is 3.12 bits per heavy atom. The molecule has 3 aliphatic heterocycles. The molecule has 0 radical (unpaired) electrons. The number of dihydropyridines is 1. The van der Waals surface area contributed by atoms with Crippen LogP contribution in [0.5, 0.6) is 0 Å². The lowest BCUT2D eigenvalue weighted by Crippen LogP contribution is -2.53. The van der Waals surface area contributed by atoms with Gasteiger partial charge in [-0.2, -0.15) is 0 Å². The number of aliphatic imine (C=N–C) groups is 1. The number of fused-ring (bicyclic) bond motifs is 1. The molecule has 1 unspecified atom stereocenters. The number of rotatable bonds is 1. The van der Waals surface area contributed by atoms with Crippen molar-refractivity contribution in [1.29, 1.82) is 0 Å². The summed E-state index contributed by atoms with van der Waals surface area (Å²) in [5.41, 5.74) is 7.25. The Kier molecular flexibility index (Phi) is 2.63. The van der Waals surface area contributed by atoms with Crippen LogP contribution in [0.4, 0.5) is 0 Å². The normalized spacial score (nSPS) is 32.8. The van der Waals surface area contributed by atoms with Crippen molar-refractivity contribution in [3.63, 3.8) is 0 Å². The number of amides is 1. The predicted molar refractivity (Wildman–Crippen MR) is 65.7 cm³/mol. The zero-order chi connectivity index (χ0) is 11.8. The molecule has 5 heteroatoms. The highest BCUT2D eigenvalue weighted by Gasteiger charge is 2.36. The van der Waals surface area contributed by atoms with Crippen LogP contribution in [0.25, 0.3) is 0 Å². The summed E-state index contributed by atoms with van der Waals surface area (Å²) in [7, 11) is 0. The van der Waals surface area contributed by atoms with Gasteiger partial charge >= 0.3 is 0 Å². The zero-order valence-corrected chi connectivity index (χ0v) is 9.88. The molecule has 1 amide bonds. The van der Waals surface area contributed by atoms with E-state index in [4.69, 9.17) is 5.73 Å². The van der Waals surface area contributed by atoms with Gasteiger partial charge in [-0.25, -0.2) is 0 Å². The van der Waals surface area contributed by atoms with Crippen molar-refractivity contribution in [2.75, 3.05) is 26.2 Å². The van der Waals surface area contributed by atoms with E-state index in [-0.39, 0.29) is 6.04 Å². The lowest BCUT2D eigenvalue weighted by atomic mass is 10.1. The summed E-state index contributed by atoms with van der Waals surface area (Å²) in [4.78, 5) is 20.1. The van der Waals surface area contributed by atoms with Gasteiger partial charge in [-0.1, -0.05) is 0 Å². The van der Waals surface area contributed by atoms with Crippen molar-refractivity contribution in [3.05, 3.63) is 11.8 Å². The standard InChI is InChI=1S/C12H18N4O/c13-10-7-14-4-3-11(10)15-5-6-16-9(8-15)1-2-12(16)17/h3-4,9-10H,1-2,5-8,13H2/t9-,10?/m1/s1. The number of hydrogen-bond acceptors (Lipinski definition) is 4. The first-order valence-electron chi connectivity index (χ1n) is 6.25. The molecule has 0 bridgehead atoms. The van der Waals surface area contributed by atoms with Crippen molar-refractivity contribution in [2.45, 2.75) is 24.9 Å². The van der Waals surface area contributed by atoms with Crippen LogP contribution in [0.1, 0.15) is 12.8 Å². The third-order valence-corrected chi connectivity index (χ3v) is 3.89. The van der Waals surface area contributed by atoms with E-state index < -0.39 is 0 Å². The molecule has 2 atom stereocenters. The van der Waals surface area contributed by atoms with Gasteiger partial charge in [-0.05, 0) is 12.5 Å². The summed E-state index contributed by atoms with van der Waals surface area (Å²) in [6.07, 6.45) is 5.56. The summed E-state index contributed by atoms with van der Waals surface area (Å²) in [6, 6.07) is 0.409. The van der Waals surface area contributed by atoms with Gasteiger partial charge in [0, 0.05) is 44.0 Å². The molecular formula is C12H18N4O. The molecule has 0 aromatic carbocycles. The van der Waals surface area contributed by atoms with E-state index in [2.05, 4.69) is 9.89 Å². The summed E-state index contributed by atoms with van der Waals surface area (Å²) in [5.74, 6) is 0.318. The van der Waals surface area contributed by atoms with Crippen molar-refractivity contribution in [2.24, 2.45) is 10.7 Å². The molecule has 92 valence electrons. The Hall–Kier alpha value is -1.36. The van der Waals surface area contributed by atoms with E-state index in [9.17, 15) is 4.79 Å². The number of carbonyl (C=O) groups is 1. The predicted octanol–water partition coefficient (Wildman–Crippen LogP) is -0.411. The van der Waals surface area contributed by atoms with E-state index in [1.165, 1.54) is 5.70 Å². The molecule has 5 nitrogen and oxygen atoms in total. The SMILES string of the molecule is NC1CN=CC=C1N1CCN2C(=O)CC[C@@H]2C1. The molecule has 3 aliphatic rings. The third kappa shape index (κ3) is 1.84. The summed E-state index contributed by atoms with van der Waals surface area (Å²) in [5, 5.41) is 0. The minimum Gasteiger partial charge on any atom is -0.370 e. The second-order valence-corrected chi connectivity index (χ2v) is 4.94. The third-order valence-electron chi connectivity index (χ3n) is 3.89. The van der Waals surface area contributed by atoms with Crippen LogP contribution >= 0.6 is 0 Å². The van der Waals surface area contributed by atoms with Crippen LogP contribution in [0.3, 0.4) is 0 Å². The van der Waals surface area contributed by atoms with Gasteiger partial charge in [-0.3, -0.25) is 9.79 Å². The Morgan fingerprint density at radius 2 is 2.29 bits per heavy atom. The molecular weight excluding hydrogens is 216 g/mol. The zero-order valence-electron chi connectivity index (χ0n) is 9.88. The van der Waals surface area contributed by atoms with Crippen LogP contribution < -0.4 is 5.73 Å². The smallest absolute Gasteiger partial charge is 0.223 e. The second kappa shape index (κ2) is 4.14. The monoisotopic (exact) mass is 234 g/mol. The average molecular weight is 234 g/mol. The fraction of sp³-hybridized carbons (Fsp3) is 0.667. The first-order chi connectivity index (χ1) is 8.25. The molecule has 0 spiro atoms. The van der Waals surface area contributed by atoms with Gasteiger partial charge in [-0.15, -0.1) is 0 Å². The molecule has 0 saturated carbocycles. The molecule has 3 rings (SSSR count). The van der Waals surface area contributed by atoms with E-state index in [1.807, 2.05) is 17.2 Å². The Morgan fingerprint density at radius 1 is 1.41 bits per heavy atom. The minimum absolute atomic E-state index is 0.0173. The molecule has 0 aliphatic carbocycles. The van der Waals surface area contributed by atoms with Gasteiger partial charge in [0.2, 0.25) is 5.91 Å². The summed E-state index contributed by atoms with van der Waals surface area (Å²) in [6.45, 7) is 3.34. The summed E-state index contributed by atoms with van der Waals surface area (Å²) >= 11 is 0. The maximum absolute atomic E-state index is 11.6. The van der Waals surface area contributed by atoms with Gasteiger partial charge < -0.3 is 15.5 Å². The summed E-state index contributed by atoms with van der Waals surface area (Å²) < 4.78 is 0. The fourth-order valence-electron chi connectivity index (χ4n) is 2.96. The van der Waals surface area contributed by atoms with Crippen LogP contribution in [-0.4, -0.2) is 60.2 Å². The number of nitrogens with two attached hydrogens (primary N) is 1. The van der Waals surface area contributed by atoms with Crippen LogP contribution in [0, 0.1) is 0 Å². The highest BCUT2D eigenvalue weighted by molar-refractivity contribution is 5.79. The average Bonchev–Trinajstić information content (AvgIpc) is 2.71. The van der Waals surface area contributed by atoms with Crippen LogP contribution in [0.2, 0.25) is 0 Å². The van der Waals surface area contributed by atoms with Gasteiger partial charge in [0.15, 0.2) is 0 Å². The van der Waals surface area contributed by atoms with E-state index in [1.54, 1.807) is 0 Å². The molecule has 2 fully saturated rings. The van der Waals surface area contributed by atoms with Gasteiger partial charge in [0.1, 0.15) is 0 Å². The first kappa shape index (κ1) is 10.8. The van der Waals surface area contributed by atoms with Gasteiger partial charge in [0.25, 0.3) is 0 Å². The van der Waals surface area contributed by atoms with Crippen molar-refractivity contribution in [3.8, 4) is 0 Å². The number of nitrogens with zero attached hydrogens (tertiary/aromatic N) is 3. The molecule has 2 saturated heterocycles. The number of piperazine rings is 1. The van der Waals surface area contributed by atoms with Gasteiger partial charge in [0.05, 0.1) is 12.6 Å². The largest absolute Gasteiger partial charge is 0.370 e. The van der Waals surface area contributed by atoms with E-state index in [0.717, 1.165) is 26.1 Å². The lowest BCUT2D eigenvalue weighted by Gasteiger charge is -2.41. The Labute approximate surface area is 101 Å². The van der Waals surface area contributed by atoms with E-state index >= 15 is 0 Å². The maximum atomic E-state index is 11.6. The number of carbonyl (C=O) groups excluding carboxylic acids is 1. The maximum Gasteiger partial charge on any atom is 0.223 e. The van der Waals surface area contributed by atoms with Crippen LogP contribution in [0.15, 0.2) is 16.8 Å². The number of allylic oxidation sites excluding steroid dienone is 1. The quantitative estimate of drug-likeness (QED) is 0.671. The Balaban J connectivity index is 1.73. The van der Waals surface area contributed by atoms with Crippen molar-refractivity contribution >= 4 is 12.1 Å². The molecule has 2 N–H and O–H groups in total. The lowest BCUT2D eigenvalue weighted by molar-refractivity contribution is -0.130. The van der Waals surface area contributed by atoms with Crippen molar-refractivity contribution in [1.82, 2.24) is 9.80 Å². The molecule has 3 heterocycles. The molecule has 17 heavy (non-hydrogen) atoms. The van der Waals surface area contributed by atoms with E-state index in [0.29, 0.717) is 24.9 Å². The molecule has 0 aromatic rings. The van der Waals surface area contributed by atoms with Crippen molar-refractivity contribution < 1.29 is 4.79 Å². The fourth-order valence-corrected chi connectivity index (χ4v) is 2.96. The Bertz CT molecular complexity index is 390. The first-order valence-corrected chi connectivity index (χ1v) is 6.25. The topological polar surface area (TPSA) is 61.9 Å². The highest BCUT2D eigenvalue weighted by atomic mass is 16.2. The molecule has 0 aromatic heterocycles. The highest BCUT2D eigenvalue weighted by Crippen LogP contribution is 2.25. The second-order valence-electron chi connectivity index (χ2n) is 4.94. The number of hydrogen-bond donors (Lipinski definition) is 1. The minimum atomic E-state index is 0.0173.